The molecule has 0 aliphatic carbocycles. The Morgan fingerprint density at radius 2 is 1.71 bits per heavy atom. The van der Waals surface area contributed by atoms with E-state index < -0.39 is 0 Å². The van der Waals surface area contributed by atoms with Crippen molar-refractivity contribution < 1.29 is 4.74 Å². The van der Waals surface area contributed by atoms with Gasteiger partial charge in [0, 0.05) is 50.4 Å². The van der Waals surface area contributed by atoms with Crippen LogP contribution in [0.3, 0.4) is 0 Å². The molecular weight excluding hydrogens is 302 g/mol. The van der Waals surface area contributed by atoms with Crippen LogP contribution in [0.4, 0.5) is 17.3 Å². The van der Waals surface area contributed by atoms with Crippen molar-refractivity contribution in [3.63, 3.8) is 0 Å². The second kappa shape index (κ2) is 7.05. The van der Waals surface area contributed by atoms with Gasteiger partial charge in [0.2, 0.25) is 0 Å². The lowest BCUT2D eigenvalue weighted by atomic mass is 10.00. The summed E-state index contributed by atoms with van der Waals surface area (Å²) in [5, 5.41) is 3.50. The Hall–Kier alpha value is -2.34. The van der Waals surface area contributed by atoms with Crippen molar-refractivity contribution >= 4 is 17.3 Å². The van der Waals surface area contributed by atoms with Crippen LogP contribution in [0.25, 0.3) is 0 Å². The molecule has 2 aromatic rings. The number of nitrogens with one attached hydrogen (secondary N) is 1. The fourth-order valence-electron chi connectivity index (χ4n) is 3.18. The molecule has 0 unspecified atom stereocenters. The van der Waals surface area contributed by atoms with Gasteiger partial charge < -0.3 is 19.9 Å². The van der Waals surface area contributed by atoms with Crippen molar-refractivity contribution in [3.8, 4) is 0 Å². The van der Waals surface area contributed by atoms with E-state index in [1.165, 1.54) is 5.69 Å². The van der Waals surface area contributed by atoms with Crippen LogP contribution in [0.5, 0.6) is 0 Å². The molecule has 0 saturated carbocycles. The monoisotopic (exact) mass is 325 g/mol. The predicted octanol–water partition coefficient (Wildman–Crippen LogP) is 1.86. The highest BCUT2D eigenvalue weighted by atomic mass is 16.5. The summed E-state index contributed by atoms with van der Waals surface area (Å²) in [6.07, 6.45) is 1.68. The van der Waals surface area contributed by atoms with Crippen molar-refractivity contribution in [1.82, 2.24) is 9.97 Å². The Labute approximate surface area is 142 Å². The van der Waals surface area contributed by atoms with Crippen LogP contribution in [0.2, 0.25) is 0 Å². The Morgan fingerprint density at radius 3 is 2.46 bits per heavy atom. The molecule has 2 fully saturated rings. The first-order valence-electron chi connectivity index (χ1n) is 8.57. The maximum Gasteiger partial charge on any atom is 0.134 e. The van der Waals surface area contributed by atoms with Gasteiger partial charge in [0.05, 0.1) is 13.2 Å². The van der Waals surface area contributed by atoms with Gasteiger partial charge in [-0.25, -0.2) is 9.97 Å². The van der Waals surface area contributed by atoms with E-state index in [9.17, 15) is 0 Å². The van der Waals surface area contributed by atoms with Crippen LogP contribution in [0.1, 0.15) is 0 Å². The van der Waals surface area contributed by atoms with E-state index in [0.717, 1.165) is 57.6 Å². The molecule has 1 aromatic carbocycles. The largest absolute Gasteiger partial charge is 0.385 e. The lowest BCUT2D eigenvalue weighted by Gasteiger charge is -2.40. The van der Waals surface area contributed by atoms with E-state index in [2.05, 4.69) is 55.4 Å². The lowest BCUT2D eigenvalue weighted by Crippen LogP contribution is -2.50. The standard InChI is InChI=1S/C18H23N5O/c1-2-4-16(5-3-1)19-11-15-12-23(13-15)18-10-17(20-14-21-18)22-6-8-24-9-7-22/h1-5,10,14-15,19H,6-9,11-13H2. The SMILES string of the molecule is c1ccc(NCC2CN(c3cc(N4CCOCC4)ncn3)C2)cc1. The topological polar surface area (TPSA) is 53.5 Å². The first kappa shape index (κ1) is 15.2. The molecule has 0 atom stereocenters. The van der Waals surface area contributed by atoms with Crippen LogP contribution in [-0.2, 0) is 4.74 Å². The van der Waals surface area contributed by atoms with Gasteiger partial charge >= 0.3 is 0 Å². The minimum absolute atomic E-state index is 0.659. The predicted molar refractivity (Wildman–Crippen MR) is 95.7 cm³/mol. The fourth-order valence-corrected chi connectivity index (χ4v) is 3.18. The summed E-state index contributed by atoms with van der Waals surface area (Å²) < 4.78 is 5.41. The van der Waals surface area contributed by atoms with Crippen LogP contribution < -0.4 is 15.1 Å². The molecule has 6 heteroatoms. The molecule has 0 bridgehead atoms. The molecule has 1 aromatic heterocycles. The summed E-state index contributed by atoms with van der Waals surface area (Å²) >= 11 is 0. The average molecular weight is 325 g/mol. The summed E-state index contributed by atoms with van der Waals surface area (Å²) in [4.78, 5) is 13.5. The second-order valence-corrected chi connectivity index (χ2v) is 6.35. The summed E-state index contributed by atoms with van der Waals surface area (Å²) in [6, 6.07) is 12.5. The second-order valence-electron chi connectivity index (χ2n) is 6.35. The van der Waals surface area contributed by atoms with Crippen molar-refractivity contribution in [2.24, 2.45) is 5.92 Å². The molecule has 2 saturated heterocycles. The van der Waals surface area contributed by atoms with Gasteiger partial charge in [-0.05, 0) is 12.1 Å². The minimum Gasteiger partial charge on any atom is -0.385 e. The molecule has 0 radical (unpaired) electrons. The molecule has 2 aliphatic rings. The summed E-state index contributed by atoms with van der Waals surface area (Å²) in [5.41, 5.74) is 1.19. The van der Waals surface area contributed by atoms with Crippen molar-refractivity contribution in [1.29, 1.82) is 0 Å². The van der Waals surface area contributed by atoms with Crippen LogP contribution >= 0.6 is 0 Å². The van der Waals surface area contributed by atoms with Gasteiger partial charge in [-0.1, -0.05) is 18.2 Å². The number of rotatable bonds is 5. The highest BCUT2D eigenvalue weighted by Gasteiger charge is 2.28. The van der Waals surface area contributed by atoms with Gasteiger partial charge in [0.1, 0.15) is 18.0 Å². The smallest absolute Gasteiger partial charge is 0.134 e. The zero-order chi connectivity index (χ0) is 16.2. The maximum atomic E-state index is 5.41. The zero-order valence-electron chi connectivity index (χ0n) is 13.8. The normalized spacial score (nSPS) is 18.3. The van der Waals surface area contributed by atoms with E-state index >= 15 is 0 Å². The number of hydrogen-bond acceptors (Lipinski definition) is 6. The summed E-state index contributed by atoms with van der Waals surface area (Å²) in [5.74, 6) is 2.70. The summed E-state index contributed by atoms with van der Waals surface area (Å²) in [7, 11) is 0. The molecule has 6 nitrogen and oxygen atoms in total. The molecule has 126 valence electrons. The van der Waals surface area contributed by atoms with E-state index in [0.29, 0.717) is 5.92 Å². The lowest BCUT2D eigenvalue weighted by molar-refractivity contribution is 0.122. The average Bonchev–Trinajstić information content (AvgIpc) is 2.62. The Balaban J connectivity index is 1.30. The number of aromatic nitrogens is 2. The molecule has 0 spiro atoms. The molecule has 3 heterocycles. The van der Waals surface area contributed by atoms with Crippen molar-refractivity contribution in [2.45, 2.75) is 0 Å². The van der Waals surface area contributed by atoms with E-state index in [1.807, 2.05) is 6.07 Å². The Kier molecular flexibility index (Phi) is 4.46. The Morgan fingerprint density at radius 1 is 1.00 bits per heavy atom. The van der Waals surface area contributed by atoms with Gasteiger partial charge in [-0.15, -0.1) is 0 Å². The van der Waals surface area contributed by atoms with Crippen molar-refractivity contribution in [3.05, 3.63) is 42.7 Å². The van der Waals surface area contributed by atoms with Gasteiger partial charge in [-0.2, -0.15) is 0 Å². The third-order valence-electron chi connectivity index (χ3n) is 4.62. The maximum absolute atomic E-state index is 5.41. The van der Waals surface area contributed by atoms with Crippen molar-refractivity contribution in [2.75, 3.05) is 61.1 Å². The quantitative estimate of drug-likeness (QED) is 0.906. The number of morpholine rings is 1. The van der Waals surface area contributed by atoms with E-state index in [-0.39, 0.29) is 0 Å². The van der Waals surface area contributed by atoms with E-state index in [4.69, 9.17) is 4.74 Å². The molecular formula is C18H23N5O. The minimum atomic E-state index is 0.659. The highest BCUT2D eigenvalue weighted by Crippen LogP contribution is 2.25. The summed E-state index contributed by atoms with van der Waals surface area (Å²) in [6.45, 7) is 6.44. The molecule has 1 N–H and O–H groups in total. The molecule has 2 aliphatic heterocycles. The number of hydrogen-bond donors (Lipinski definition) is 1. The van der Waals surface area contributed by atoms with Crippen LogP contribution in [0, 0.1) is 5.92 Å². The number of para-hydroxylation sites is 1. The first-order chi connectivity index (χ1) is 11.9. The number of nitrogens with zero attached hydrogens (tertiary/aromatic N) is 4. The zero-order valence-corrected chi connectivity index (χ0v) is 13.8. The number of ether oxygens (including phenoxy) is 1. The number of anilines is 3. The molecule has 24 heavy (non-hydrogen) atoms. The van der Waals surface area contributed by atoms with E-state index in [1.54, 1.807) is 6.33 Å². The molecule has 0 amide bonds. The van der Waals surface area contributed by atoms with Gasteiger partial charge in [-0.3, -0.25) is 0 Å². The fraction of sp³-hybridized carbons (Fsp3) is 0.444. The highest BCUT2D eigenvalue weighted by molar-refractivity contribution is 5.52. The van der Waals surface area contributed by atoms with Crippen LogP contribution in [0.15, 0.2) is 42.7 Å². The van der Waals surface area contributed by atoms with Gasteiger partial charge in [0.25, 0.3) is 0 Å². The van der Waals surface area contributed by atoms with Gasteiger partial charge in [0.15, 0.2) is 0 Å². The Bertz CT molecular complexity index is 653. The third-order valence-corrected chi connectivity index (χ3v) is 4.62. The number of benzene rings is 1. The van der Waals surface area contributed by atoms with Crippen LogP contribution in [-0.4, -0.2) is 55.9 Å². The first-order valence-corrected chi connectivity index (χ1v) is 8.57. The molecule has 4 rings (SSSR count). The third kappa shape index (κ3) is 3.43.